The molecular formula is C22H30ClN7O5S. The van der Waals surface area contributed by atoms with Crippen molar-refractivity contribution >= 4 is 38.6 Å². The van der Waals surface area contributed by atoms with E-state index in [1.165, 1.54) is 18.4 Å². The molecule has 3 aromatic heterocycles. The van der Waals surface area contributed by atoms with E-state index in [9.17, 15) is 13.5 Å². The summed E-state index contributed by atoms with van der Waals surface area (Å²) in [5.74, 6) is 0.762. The first kappa shape index (κ1) is 27.8. The van der Waals surface area contributed by atoms with Gasteiger partial charge in [-0.05, 0) is 56.0 Å². The highest BCUT2D eigenvalue weighted by Crippen LogP contribution is 2.18. The van der Waals surface area contributed by atoms with Crippen LogP contribution in [0.1, 0.15) is 31.9 Å². The number of aryl methyl sites for hydroxylation is 1. The smallest absolute Gasteiger partial charge is 0.240 e. The molecule has 3 rings (SSSR count). The SMILES string of the molecule is C/C=C(\C=C/CCN[C@H](O)OCCCCn1cnc2c(N)nc(Cl)nc21)S(=O)(=O)NCc1ccco1. The van der Waals surface area contributed by atoms with E-state index in [1.807, 2.05) is 4.57 Å². The first-order valence-electron chi connectivity index (χ1n) is 11.3. The topological polar surface area (TPSA) is 170 Å². The number of aromatic nitrogens is 4. The number of imidazole rings is 1. The monoisotopic (exact) mass is 539 g/mol. The number of hydrogen-bond acceptors (Lipinski definition) is 10. The van der Waals surface area contributed by atoms with Gasteiger partial charge in [0.05, 0.1) is 30.6 Å². The van der Waals surface area contributed by atoms with Crippen LogP contribution in [0.3, 0.4) is 0 Å². The molecule has 0 fully saturated rings. The van der Waals surface area contributed by atoms with E-state index >= 15 is 0 Å². The van der Waals surface area contributed by atoms with Gasteiger partial charge in [-0.1, -0.05) is 12.2 Å². The molecule has 5 N–H and O–H groups in total. The van der Waals surface area contributed by atoms with E-state index in [-0.39, 0.29) is 22.6 Å². The maximum atomic E-state index is 12.4. The number of allylic oxidation sites excluding steroid dienone is 2. The fourth-order valence-electron chi connectivity index (χ4n) is 3.23. The molecule has 1 atom stereocenters. The van der Waals surface area contributed by atoms with E-state index in [0.29, 0.717) is 49.5 Å². The normalized spacial score (nSPS) is 13.7. The molecule has 14 heteroatoms. The fourth-order valence-corrected chi connectivity index (χ4v) is 4.49. The standard InChI is InChI=1S/C22H30ClN7O5S/c1-2-17(36(32,33)27-14-16-8-7-13-34-16)9-3-4-10-25-22(31)35-12-6-5-11-30-15-26-18-19(24)28-21(23)29-20(18)30/h2-3,7-9,13,15,22,25,27,31H,4-6,10-12,14H2,1H3,(H2,24,28,29)/b9-3-,17-2+/t22-/m1/s1. The van der Waals surface area contributed by atoms with Crippen molar-refractivity contribution in [2.24, 2.45) is 0 Å². The van der Waals surface area contributed by atoms with Gasteiger partial charge in [-0.3, -0.25) is 5.32 Å². The van der Waals surface area contributed by atoms with Crippen molar-refractivity contribution in [3.05, 3.63) is 58.9 Å². The van der Waals surface area contributed by atoms with Gasteiger partial charge in [0.25, 0.3) is 0 Å². The average molecular weight is 540 g/mol. The second-order valence-electron chi connectivity index (χ2n) is 7.66. The molecule has 0 bridgehead atoms. The maximum absolute atomic E-state index is 12.4. The number of nitrogen functional groups attached to an aromatic ring is 1. The van der Waals surface area contributed by atoms with Crippen molar-refractivity contribution in [2.45, 2.75) is 45.7 Å². The fraction of sp³-hybridized carbons (Fsp3) is 0.409. The number of aliphatic hydroxyl groups excluding tert-OH is 1. The lowest BCUT2D eigenvalue weighted by molar-refractivity contribution is -0.120. The molecule has 0 unspecified atom stereocenters. The molecule has 196 valence electrons. The Bertz CT molecular complexity index is 1280. The predicted octanol–water partition coefficient (Wildman–Crippen LogP) is 2.29. The number of unbranched alkanes of at least 4 members (excludes halogenated alkanes) is 1. The molecule has 0 aromatic carbocycles. The largest absolute Gasteiger partial charge is 0.468 e. The Morgan fingerprint density at radius 1 is 1.39 bits per heavy atom. The Kier molecular flexibility index (Phi) is 10.4. The number of hydrogen-bond donors (Lipinski definition) is 4. The summed E-state index contributed by atoms with van der Waals surface area (Å²) >= 11 is 5.87. The lowest BCUT2D eigenvalue weighted by Crippen LogP contribution is -2.32. The van der Waals surface area contributed by atoms with Crippen LogP contribution in [-0.2, 0) is 27.8 Å². The zero-order valence-electron chi connectivity index (χ0n) is 19.8. The van der Waals surface area contributed by atoms with Gasteiger partial charge < -0.3 is 24.6 Å². The quantitative estimate of drug-likeness (QED) is 0.0971. The first-order chi connectivity index (χ1) is 17.3. The Morgan fingerprint density at radius 2 is 2.22 bits per heavy atom. The van der Waals surface area contributed by atoms with Crippen LogP contribution in [0.4, 0.5) is 5.82 Å². The number of aliphatic hydroxyl groups is 1. The summed E-state index contributed by atoms with van der Waals surface area (Å²) < 4.78 is 39.6. The Hall–Kier alpha value is -2.81. The predicted molar refractivity (Wildman–Crippen MR) is 136 cm³/mol. The maximum Gasteiger partial charge on any atom is 0.240 e. The molecule has 0 spiro atoms. The Balaban J connectivity index is 1.30. The van der Waals surface area contributed by atoms with Crippen molar-refractivity contribution in [3.63, 3.8) is 0 Å². The van der Waals surface area contributed by atoms with Crippen molar-refractivity contribution in [1.29, 1.82) is 0 Å². The van der Waals surface area contributed by atoms with Gasteiger partial charge in [0.15, 0.2) is 11.5 Å². The van der Waals surface area contributed by atoms with Gasteiger partial charge in [0, 0.05) is 13.1 Å². The average Bonchev–Trinajstić information content (AvgIpc) is 3.50. The van der Waals surface area contributed by atoms with Crippen LogP contribution >= 0.6 is 11.6 Å². The highest BCUT2D eigenvalue weighted by molar-refractivity contribution is 7.93. The van der Waals surface area contributed by atoms with Crippen LogP contribution in [0.15, 0.2) is 52.3 Å². The summed E-state index contributed by atoms with van der Waals surface area (Å²) in [5.41, 5.74) is 6.89. The summed E-state index contributed by atoms with van der Waals surface area (Å²) in [6, 6.07) is 3.38. The number of halogens is 1. The number of ether oxygens (including phenoxy) is 1. The van der Waals surface area contributed by atoms with Crippen LogP contribution in [0.25, 0.3) is 11.2 Å². The zero-order chi connectivity index (χ0) is 26.0. The molecule has 0 amide bonds. The minimum atomic E-state index is -3.66. The molecular weight excluding hydrogens is 510 g/mol. The van der Waals surface area contributed by atoms with Gasteiger partial charge in [-0.15, -0.1) is 0 Å². The molecule has 0 radical (unpaired) electrons. The third kappa shape index (κ3) is 8.11. The number of furan rings is 1. The van der Waals surface area contributed by atoms with Crippen LogP contribution in [0.2, 0.25) is 5.28 Å². The lowest BCUT2D eigenvalue weighted by Gasteiger charge is -2.13. The first-order valence-corrected chi connectivity index (χ1v) is 13.2. The number of sulfonamides is 1. The van der Waals surface area contributed by atoms with Gasteiger partial charge >= 0.3 is 0 Å². The summed E-state index contributed by atoms with van der Waals surface area (Å²) in [6.07, 6.45) is 8.68. The molecule has 0 saturated heterocycles. The third-order valence-corrected chi connectivity index (χ3v) is 6.74. The van der Waals surface area contributed by atoms with Crippen LogP contribution in [0, 0.1) is 0 Å². The Morgan fingerprint density at radius 3 is 2.97 bits per heavy atom. The molecule has 3 heterocycles. The second-order valence-corrected chi connectivity index (χ2v) is 9.76. The summed E-state index contributed by atoms with van der Waals surface area (Å²) in [5, 5.41) is 12.8. The van der Waals surface area contributed by atoms with Crippen molar-refractivity contribution in [2.75, 3.05) is 18.9 Å². The number of nitrogens with one attached hydrogen (secondary N) is 2. The van der Waals surface area contributed by atoms with Crippen LogP contribution < -0.4 is 15.8 Å². The summed E-state index contributed by atoms with van der Waals surface area (Å²) in [7, 11) is -3.66. The molecule has 0 saturated carbocycles. The van der Waals surface area contributed by atoms with E-state index < -0.39 is 16.4 Å². The summed E-state index contributed by atoms with van der Waals surface area (Å²) in [6.45, 7) is 3.10. The molecule has 3 aromatic rings. The van der Waals surface area contributed by atoms with Crippen LogP contribution in [-0.4, -0.2) is 52.6 Å². The van der Waals surface area contributed by atoms with E-state index in [1.54, 1.807) is 31.5 Å². The molecule has 0 aliphatic heterocycles. The minimum Gasteiger partial charge on any atom is -0.468 e. The Labute approximate surface area is 214 Å². The van der Waals surface area contributed by atoms with Gasteiger partial charge in [0.2, 0.25) is 21.7 Å². The number of fused-ring (bicyclic) bond motifs is 1. The van der Waals surface area contributed by atoms with E-state index in [4.69, 9.17) is 26.5 Å². The highest BCUT2D eigenvalue weighted by Gasteiger charge is 2.14. The third-order valence-electron chi connectivity index (χ3n) is 5.06. The van der Waals surface area contributed by atoms with Crippen LogP contribution in [0.5, 0.6) is 0 Å². The number of nitrogens with two attached hydrogens (primary N) is 1. The minimum absolute atomic E-state index is 0.0689. The van der Waals surface area contributed by atoms with Gasteiger partial charge in [-0.2, -0.15) is 9.97 Å². The molecule has 12 nitrogen and oxygen atoms in total. The van der Waals surface area contributed by atoms with Crippen molar-refractivity contribution < 1.29 is 22.7 Å². The molecule has 0 aliphatic carbocycles. The number of nitrogens with zero attached hydrogens (tertiary/aromatic N) is 4. The lowest BCUT2D eigenvalue weighted by atomic mass is 10.3. The molecule has 36 heavy (non-hydrogen) atoms. The summed E-state index contributed by atoms with van der Waals surface area (Å²) in [4.78, 5) is 12.4. The highest BCUT2D eigenvalue weighted by atomic mass is 35.5. The van der Waals surface area contributed by atoms with Gasteiger partial charge in [-0.25, -0.2) is 18.1 Å². The number of anilines is 1. The zero-order valence-corrected chi connectivity index (χ0v) is 21.4. The van der Waals surface area contributed by atoms with Crippen molar-refractivity contribution in [3.8, 4) is 0 Å². The van der Waals surface area contributed by atoms with Crippen molar-refractivity contribution in [1.82, 2.24) is 29.6 Å². The second kappa shape index (κ2) is 13.5. The van der Waals surface area contributed by atoms with E-state index in [2.05, 4.69) is 25.0 Å². The van der Waals surface area contributed by atoms with Gasteiger partial charge in [0.1, 0.15) is 11.3 Å². The van der Waals surface area contributed by atoms with E-state index in [0.717, 1.165) is 6.42 Å². The number of rotatable bonds is 15. The molecule has 0 aliphatic rings.